The van der Waals surface area contributed by atoms with Crippen LogP contribution >= 0.6 is 11.6 Å². The normalized spacial score (nSPS) is 20.0. The molecule has 1 amide bonds. The predicted molar refractivity (Wildman–Crippen MR) is 92.1 cm³/mol. The molecule has 0 spiro atoms. The van der Waals surface area contributed by atoms with Crippen LogP contribution in [0.4, 0.5) is 0 Å². The molecule has 3 rings (SSSR count). The fourth-order valence-corrected chi connectivity index (χ4v) is 3.16. The van der Waals surface area contributed by atoms with E-state index in [2.05, 4.69) is 4.98 Å². The number of carbonyl (C=O) groups is 2. The molecule has 25 heavy (non-hydrogen) atoms. The van der Waals surface area contributed by atoms with E-state index in [9.17, 15) is 9.59 Å². The van der Waals surface area contributed by atoms with Crippen LogP contribution in [-0.4, -0.2) is 40.0 Å². The van der Waals surface area contributed by atoms with Gasteiger partial charge < -0.3 is 14.4 Å². The standard InChI is InChI=1S/C18H19ClN2O4/c1-11-9-21(10-14(11)18(23)24)17(22)7-6-16-20-8-15(25-16)12-2-4-13(19)5-3-12/h2-5,8,11,14H,6-7,9-10H2,1H3,(H,23,24)/t11-,14-/m1/s1. The smallest absolute Gasteiger partial charge is 0.308 e. The number of rotatable bonds is 5. The first-order valence-electron chi connectivity index (χ1n) is 8.15. The van der Waals surface area contributed by atoms with Gasteiger partial charge >= 0.3 is 5.97 Å². The summed E-state index contributed by atoms with van der Waals surface area (Å²) in [7, 11) is 0. The quantitative estimate of drug-likeness (QED) is 0.883. The lowest BCUT2D eigenvalue weighted by molar-refractivity contribution is -0.142. The minimum absolute atomic E-state index is 0.0281. The fourth-order valence-electron chi connectivity index (χ4n) is 3.04. The Morgan fingerprint density at radius 2 is 2.04 bits per heavy atom. The Hall–Kier alpha value is -2.34. The number of aliphatic carboxylic acids is 1. The molecule has 7 heteroatoms. The van der Waals surface area contributed by atoms with Crippen LogP contribution in [0.3, 0.4) is 0 Å². The summed E-state index contributed by atoms with van der Waals surface area (Å²) in [4.78, 5) is 29.3. The molecule has 1 aromatic carbocycles. The van der Waals surface area contributed by atoms with Crippen molar-refractivity contribution in [3.05, 3.63) is 41.4 Å². The summed E-state index contributed by atoms with van der Waals surface area (Å²) in [6, 6.07) is 7.23. The van der Waals surface area contributed by atoms with Crippen molar-refractivity contribution in [2.75, 3.05) is 13.1 Å². The van der Waals surface area contributed by atoms with E-state index in [1.807, 2.05) is 19.1 Å². The SMILES string of the molecule is C[C@@H]1CN(C(=O)CCc2ncc(-c3ccc(Cl)cc3)o2)C[C@H]1C(=O)O. The van der Waals surface area contributed by atoms with Gasteiger partial charge in [-0.25, -0.2) is 4.98 Å². The summed E-state index contributed by atoms with van der Waals surface area (Å²) in [6.07, 6.45) is 2.26. The topological polar surface area (TPSA) is 83.6 Å². The van der Waals surface area contributed by atoms with Crippen molar-refractivity contribution >= 4 is 23.5 Å². The van der Waals surface area contributed by atoms with E-state index in [1.165, 1.54) is 0 Å². The first kappa shape index (κ1) is 17.5. The molecule has 0 saturated carbocycles. The summed E-state index contributed by atoms with van der Waals surface area (Å²) in [6.45, 7) is 2.62. The van der Waals surface area contributed by atoms with Crippen LogP contribution in [0.25, 0.3) is 11.3 Å². The number of carbonyl (C=O) groups excluding carboxylic acids is 1. The van der Waals surface area contributed by atoms with Crippen molar-refractivity contribution in [3.8, 4) is 11.3 Å². The second kappa shape index (κ2) is 7.27. The van der Waals surface area contributed by atoms with Crippen molar-refractivity contribution in [3.63, 3.8) is 0 Å². The average Bonchev–Trinajstić information content (AvgIpc) is 3.20. The first-order valence-corrected chi connectivity index (χ1v) is 8.53. The number of oxazole rings is 1. The van der Waals surface area contributed by atoms with Crippen molar-refractivity contribution in [2.24, 2.45) is 11.8 Å². The summed E-state index contributed by atoms with van der Waals surface area (Å²) in [5.74, 6) is -0.313. The number of aryl methyl sites for hydroxylation is 1. The third-order valence-electron chi connectivity index (χ3n) is 4.52. The number of benzene rings is 1. The molecule has 0 unspecified atom stereocenters. The molecule has 1 fully saturated rings. The van der Waals surface area contributed by atoms with Crippen LogP contribution in [-0.2, 0) is 16.0 Å². The van der Waals surface area contributed by atoms with Crippen LogP contribution in [0.15, 0.2) is 34.9 Å². The molecule has 1 saturated heterocycles. The van der Waals surface area contributed by atoms with E-state index < -0.39 is 11.9 Å². The third-order valence-corrected chi connectivity index (χ3v) is 4.77. The molecule has 2 heterocycles. The van der Waals surface area contributed by atoms with Gasteiger partial charge in [-0.1, -0.05) is 18.5 Å². The second-order valence-electron chi connectivity index (χ2n) is 6.35. The van der Waals surface area contributed by atoms with E-state index in [1.54, 1.807) is 23.2 Å². The Balaban J connectivity index is 1.56. The second-order valence-corrected chi connectivity index (χ2v) is 6.78. The largest absolute Gasteiger partial charge is 0.481 e. The molecule has 132 valence electrons. The maximum atomic E-state index is 12.3. The fraction of sp³-hybridized carbons (Fsp3) is 0.389. The molecule has 6 nitrogen and oxygen atoms in total. The minimum Gasteiger partial charge on any atom is -0.481 e. The number of aromatic nitrogens is 1. The molecule has 2 aromatic rings. The van der Waals surface area contributed by atoms with Crippen LogP contribution in [0.5, 0.6) is 0 Å². The predicted octanol–water partition coefficient (Wildman–Crippen LogP) is 3.11. The summed E-state index contributed by atoms with van der Waals surface area (Å²) >= 11 is 5.87. The Kier molecular flexibility index (Phi) is 5.08. The van der Waals surface area contributed by atoms with Gasteiger partial charge in [-0.05, 0) is 30.2 Å². The van der Waals surface area contributed by atoms with Gasteiger partial charge in [-0.2, -0.15) is 0 Å². The molecule has 1 N–H and O–H groups in total. The maximum Gasteiger partial charge on any atom is 0.308 e. The number of likely N-dealkylation sites (tertiary alicyclic amines) is 1. The lowest BCUT2D eigenvalue weighted by Crippen LogP contribution is -2.30. The molecule has 2 atom stereocenters. The maximum absolute atomic E-state index is 12.3. The Morgan fingerprint density at radius 1 is 1.32 bits per heavy atom. The monoisotopic (exact) mass is 362 g/mol. The van der Waals surface area contributed by atoms with Crippen LogP contribution < -0.4 is 0 Å². The molecule has 1 aliphatic heterocycles. The number of nitrogens with zero attached hydrogens (tertiary/aromatic N) is 2. The van der Waals surface area contributed by atoms with E-state index in [4.69, 9.17) is 21.1 Å². The highest BCUT2D eigenvalue weighted by molar-refractivity contribution is 6.30. The summed E-state index contributed by atoms with van der Waals surface area (Å²) < 4.78 is 5.68. The van der Waals surface area contributed by atoms with Crippen molar-refractivity contribution < 1.29 is 19.1 Å². The highest BCUT2D eigenvalue weighted by Crippen LogP contribution is 2.25. The number of carboxylic acid groups (broad SMARTS) is 1. The van der Waals surface area contributed by atoms with Crippen molar-refractivity contribution in [1.82, 2.24) is 9.88 Å². The Morgan fingerprint density at radius 3 is 2.68 bits per heavy atom. The summed E-state index contributed by atoms with van der Waals surface area (Å²) in [5.41, 5.74) is 0.868. The third kappa shape index (κ3) is 4.02. The number of carboxylic acids is 1. The number of hydrogen-bond donors (Lipinski definition) is 1. The minimum atomic E-state index is -0.844. The Bertz CT molecular complexity index is 772. The molecule has 0 aliphatic carbocycles. The van der Waals surface area contributed by atoms with Crippen LogP contribution in [0.1, 0.15) is 19.2 Å². The van der Waals surface area contributed by atoms with Gasteiger partial charge in [0.15, 0.2) is 11.7 Å². The van der Waals surface area contributed by atoms with E-state index in [0.717, 1.165) is 5.56 Å². The van der Waals surface area contributed by atoms with E-state index in [-0.39, 0.29) is 24.8 Å². The lowest BCUT2D eigenvalue weighted by Gasteiger charge is -2.15. The Labute approximate surface area is 150 Å². The van der Waals surface area contributed by atoms with Crippen molar-refractivity contribution in [2.45, 2.75) is 19.8 Å². The molecule has 1 aromatic heterocycles. The van der Waals surface area contributed by atoms with Gasteiger partial charge in [0.1, 0.15) is 0 Å². The zero-order chi connectivity index (χ0) is 18.0. The number of halogens is 1. The van der Waals surface area contributed by atoms with Crippen LogP contribution in [0.2, 0.25) is 5.02 Å². The van der Waals surface area contributed by atoms with Gasteiger partial charge in [-0.3, -0.25) is 9.59 Å². The van der Waals surface area contributed by atoms with Gasteiger partial charge in [-0.15, -0.1) is 0 Å². The highest BCUT2D eigenvalue weighted by Gasteiger charge is 2.36. The number of hydrogen-bond acceptors (Lipinski definition) is 4. The molecule has 1 aliphatic rings. The van der Waals surface area contributed by atoms with Gasteiger partial charge in [0.05, 0.1) is 12.1 Å². The molecular weight excluding hydrogens is 344 g/mol. The first-order chi connectivity index (χ1) is 11.9. The van der Waals surface area contributed by atoms with E-state index >= 15 is 0 Å². The average molecular weight is 363 g/mol. The van der Waals surface area contributed by atoms with Crippen molar-refractivity contribution in [1.29, 1.82) is 0 Å². The zero-order valence-corrected chi connectivity index (χ0v) is 14.6. The van der Waals surface area contributed by atoms with Gasteiger partial charge in [0.25, 0.3) is 0 Å². The van der Waals surface area contributed by atoms with E-state index in [0.29, 0.717) is 29.6 Å². The van der Waals surface area contributed by atoms with Gasteiger partial charge in [0, 0.05) is 36.5 Å². The molecule has 0 bridgehead atoms. The highest BCUT2D eigenvalue weighted by atomic mass is 35.5. The molecular formula is C18H19ClN2O4. The number of amides is 1. The van der Waals surface area contributed by atoms with Crippen LogP contribution in [0, 0.1) is 11.8 Å². The molecule has 0 radical (unpaired) electrons. The lowest BCUT2D eigenvalue weighted by atomic mass is 9.99. The summed E-state index contributed by atoms with van der Waals surface area (Å²) in [5, 5.41) is 9.79. The van der Waals surface area contributed by atoms with Gasteiger partial charge in [0.2, 0.25) is 5.91 Å². The zero-order valence-electron chi connectivity index (χ0n) is 13.8.